The molecule has 0 saturated heterocycles. The highest BCUT2D eigenvalue weighted by Crippen LogP contribution is 2.28. The van der Waals surface area contributed by atoms with Crippen LogP contribution in [0.15, 0.2) is 41.9 Å². The first-order valence-electron chi connectivity index (χ1n) is 6.15. The van der Waals surface area contributed by atoms with Crippen LogP contribution >= 0.6 is 11.3 Å². The Hall–Kier alpha value is -2.47. The van der Waals surface area contributed by atoms with Crippen molar-refractivity contribution in [1.82, 2.24) is 9.55 Å². The van der Waals surface area contributed by atoms with E-state index in [2.05, 4.69) is 4.98 Å². The van der Waals surface area contributed by atoms with Gasteiger partial charge in [0.15, 0.2) is 23.0 Å². The molecule has 0 aliphatic rings. The second-order valence-corrected chi connectivity index (χ2v) is 5.12. The number of hydrogen-bond donors (Lipinski definition) is 0. The van der Waals surface area contributed by atoms with Crippen LogP contribution < -0.4 is 4.74 Å². The molecule has 1 aromatic carbocycles. The van der Waals surface area contributed by atoms with Crippen molar-refractivity contribution in [2.75, 3.05) is 7.11 Å². The first-order chi connectivity index (χ1) is 10.2. The molecule has 0 N–H and O–H groups in total. The van der Waals surface area contributed by atoms with Crippen LogP contribution in [0.3, 0.4) is 0 Å². The second kappa shape index (κ2) is 5.49. The van der Waals surface area contributed by atoms with Crippen molar-refractivity contribution in [2.24, 2.45) is 0 Å². The molecule has 0 aliphatic heterocycles. The van der Waals surface area contributed by atoms with E-state index < -0.39 is 5.82 Å². The van der Waals surface area contributed by atoms with Gasteiger partial charge < -0.3 is 4.74 Å². The highest BCUT2D eigenvalue weighted by molar-refractivity contribution is 7.12. The van der Waals surface area contributed by atoms with E-state index in [-0.39, 0.29) is 5.75 Å². The van der Waals surface area contributed by atoms with Crippen molar-refractivity contribution in [2.45, 2.75) is 0 Å². The average Bonchev–Trinajstić information content (AvgIpc) is 3.15. The van der Waals surface area contributed by atoms with Gasteiger partial charge in [0.1, 0.15) is 0 Å². The summed E-state index contributed by atoms with van der Waals surface area (Å²) in [4.78, 5) is 15.4. The molecule has 6 heteroatoms. The van der Waals surface area contributed by atoms with Crippen molar-refractivity contribution >= 4 is 17.6 Å². The largest absolute Gasteiger partial charge is 0.494 e. The minimum atomic E-state index is -0.431. The van der Waals surface area contributed by atoms with Gasteiger partial charge in [-0.25, -0.2) is 9.37 Å². The van der Waals surface area contributed by atoms with Crippen molar-refractivity contribution in [3.63, 3.8) is 0 Å². The van der Waals surface area contributed by atoms with Gasteiger partial charge in [0.25, 0.3) is 0 Å². The molecule has 21 heavy (non-hydrogen) atoms. The normalized spacial score (nSPS) is 10.6. The lowest BCUT2D eigenvalue weighted by atomic mass is 10.1. The zero-order valence-corrected chi connectivity index (χ0v) is 11.9. The number of carbonyl (C=O) groups is 1. The van der Waals surface area contributed by atoms with Gasteiger partial charge in [0.2, 0.25) is 0 Å². The fraction of sp³-hybridized carbons (Fsp3) is 0.0667. The fourth-order valence-electron chi connectivity index (χ4n) is 2.00. The molecule has 2 aromatic heterocycles. The van der Waals surface area contributed by atoms with Gasteiger partial charge in [-0.15, -0.1) is 11.3 Å². The Morgan fingerprint density at radius 1 is 1.38 bits per heavy atom. The molecule has 0 radical (unpaired) electrons. The molecular weight excluding hydrogens is 291 g/mol. The van der Waals surface area contributed by atoms with Crippen LogP contribution in [0.5, 0.6) is 5.75 Å². The number of benzene rings is 1. The number of aromatic nitrogens is 2. The SMILES string of the molecule is COc1ccc(-c2csc(-n3cccc3C=O)n2)cc1F. The molecule has 0 aliphatic carbocycles. The van der Waals surface area contributed by atoms with E-state index in [0.29, 0.717) is 22.1 Å². The molecule has 4 nitrogen and oxygen atoms in total. The number of halogens is 1. The minimum absolute atomic E-state index is 0.197. The molecule has 106 valence electrons. The number of carbonyl (C=O) groups excluding carboxylic acids is 1. The smallest absolute Gasteiger partial charge is 0.194 e. The van der Waals surface area contributed by atoms with Gasteiger partial charge in [0, 0.05) is 17.1 Å². The Kier molecular flexibility index (Phi) is 3.53. The first-order valence-corrected chi connectivity index (χ1v) is 7.03. The lowest BCUT2D eigenvalue weighted by Crippen LogP contribution is -1.96. The summed E-state index contributed by atoms with van der Waals surface area (Å²) in [6.45, 7) is 0. The maximum absolute atomic E-state index is 13.7. The highest BCUT2D eigenvalue weighted by Gasteiger charge is 2.11. The quantitative estimate of drug-likeness (QED) is 0.692. The Bertz CT molecular complexity index is 795. The number of hydrogen-bond acceptors (Lipinski definition) is 4. The zero-order valence-electron chi connectivity index (χ0n) is 11.1. The van der Waals surface area contributed by atoms with Crippen LogP contribution in [0.2, 0.25) is 0 Å². The molecule has 0 amide bonds. The van der Waals surface area contributed by atoms with E-state index in [0.717, 1.165) is 6.29 Å². The van der Waals surface area contributed by atoms with E-state index in [1.807, 2.05) is 5.38 Å². The third-order valence-corrected chi connectivity index (χ3v) is 3.89. The van der Waals surface area contributed by atoms with Gasteiger partial charge in [-0.1, -0.05) is 0 Å². The van der Waals surface area contributed by atoms with Crippen LogP contribution in [-0.4, -0.2) is 22.9 Å². The highest BCUT2D eigenvalue weighted by atomic mass is 32.1. The molecule has 3 aromatic rings. The van der Waals surface area contributed by atoms with Gasteiger partial charge in [-0.05, 0) is 30.3 Å². The lowest BCUT2D eigenvalue weighted by Gasteiger charge is -2.03. The van der Waals surface area contributed by atoms with E-state index in [1.54, 1.807) is 35.0 Å². The Morgan fingerprint density at radius 2 is 2.24 bits per heavy atom. The minimum Gasteiger partial charge on any atom is -0.494 e. The van der Waals surface area contributed by atoms with Crippen molar-refractivity contribution in [1.29, 1.82) is 0 Å². The van der Waals surface area contributed by atoms with E-state index >= 15 is 0 Å². The summed E-state index contributed by atoms with van der Waals surface area (Å²) in [6, 6.07) is 8.18. The molecule has 0 atom stereocenters. The molecule has 3 rings (SSSR count). The number of rotatable bonds is 4. The molecule has 0 saturated carbocycles. The topological polar surface area (TPSA) is 44.1 Å². The van der Waals surface area contributed by atoms with Crippen LogP contribution in [0.4, 0.5) is 4.39 Å². The summed E-state index contributed by atoms with van der Waals surface area (Å²) in [6.07, 6.45) is 2.54. The maximum atomic E-state index is 13.7. The van der Waals surface area contributed by atoms with Gasteiger partial charge >= 0.3 is 0 Å². The van der Waals surface area contributed by atoms with E-state index in [9.17, 15) is 9.18 Å². The molecule has 0 fully saturated rings. The molecule has 0 unspecified atom stereocenters. The Labute approximate surface area is 124 Å². The predicted molar refractivity (Wildman–Crippen MR) is 78.8 cm³/mol. The number of ether oxygens (including phenoxy) is 1. The monoisotopic (exact) mass is 302 g/mol. The number of methoxy groups -OCH3 is 1. The fourth-order valence-corrected chi connectivity index (χ4v) is 2.83. The zero-order chi connectivity index (χ0) is 14.8. The summed E-state index contributed by atoms with van der Waals surface area (Å²) in [7, 11) is 1.42. The van der Waals surface area contributed by atoms with Crippen LogP contribution in [-0.2, 0) is 0 Å². The van der Waals surface area contributed by atoms with Crippen molar-refractivity contribution < 1.29 is 13.9 Å². The third kappa shape index (κ3) is 2.45. The molecular formula is C15H11FN2O2S. The van der Waals surface area contributed by atoms with Crippen molar-refractivity contribution in [3.8, 4) is 22.1 Å². The lowest BCUT2D eigenvalue weighted by molar-refractivity contribution is 0.111. The number of nitrogens with zero attached hydrogens (tertiary/aromatic N) is 2. The molecule has 0 spiro atoms. The first kappa shape index (κ1) is 13.5. The second-order valence-electron chi connectivity index (χ2n) is 4.29. The van der Waals surface area contributed by atoms with Gasteiger partial charge in [0.05, 0.1) is 18.5 Å². The molecule has 0 bridgehead atoms. The van der Waals surface area contributed by atoms with E-state index in [4.69, 9.17) is 4.74 Å². The van der Waals surface area contributed by atoms with Gasteiger partial charge in [-0.2, -0.15) is 0 Å². The summed E-state index contributed by atoms with van der Waals surface area (Å²) < 4.78 is 20.3. The summed E-state index contributed by atoms with van der Waals surface area (Å²) in [5.41, 5.74) is 1.84. The average molecular weight is 302 g/mol. The number of aldehydes is 1. The van der Waals surface area contributed by atoms with Crippen LogP contribution in [0, 0.1) is 5.82 Å². The third-order valence-electron chi connectivity index (χ3n) is 3.05. The van der Waals surface area contributed by atoms with E-state index in [1.165, 1.54) is 24.5 Å². The van der Waals surface area contributed by atoms with Crippen LogP contribution in [0.25, 0.3) is 16.4 Å². The summed E-state index contributed by atoms with van der Waals surface area (Å²) in [5, 5.41) is 2.49. The molecule has 2 heterocycles. The summed E-state index contributed by atoms with van der Waals surface area (Å²) >= 11 is 1.39. The Balaban J connectivity index is 1.98. The standard InChI is InChI=1S/C15H11FN2O2S/c1-20-14-5-4-10(7-12(14)16)13-9-21-15(17-13)18-6-2-3-11(18)8-19/h2-9H,1H3. The summed E-state index contributed by atoms with van der Waals surface area (Å²) in [5.74, 6) is -0.234. The van der Waals surface area contributed by atoms with Crippen molar-refractivity contribution in [3.05, 3.63) is 53.4 Å². The predicted octanol–water partition coefficient (Wildman–Crippen LogP) is 3.56. The maximum Gasteiger partial charge on any atom is 0.194 e. The van der Waals surface area contributed by atoms with Gasteiger partial charge in [-0.3, -0.25) is 9.36 Å². The van der Waals surface area contributed by atoms with Crippen LogP contribution in [0.1, 0.15) is 10.5 Å². The number of thiazole rings is 1. The Morgan fingerprint density at radius 3 is 2.95 bits per heavy atom.